The number of nitrogens with zero attached hydrogens (tertiary/aromatic N) is 2. The van der Waals surface area contributed by atoms with E-state index in [1.165, 1.54) is 0 Å². The maximum atomic E-state index is 12.2. The molecule has 2 aromatic rings. The van der Waals surface area contributed by atoms with Crippen LogP contribution in [0.4, 0.5) is 0 Å². The van der Waals surface area contributed by atoms with E-state index in [0.717, 1.165) is 0 Å². The van der Waals surface area contributed by atoms with E-state index in [4.69, 9.17) is 14.7 Å². The largest absolute Gasteiger partial charge is 0.493 e. The lowest BCUT2D eigenvalue weighted by atomic mass is 10.3. The van der Waals surface area contributed by atoms with Crippen molar-refractivity contribution < 1.29 is 14.3 Å². The average Bonchev–Trinajstić information content (AvgIpc) is 2.94. The molecule has 0 aliphatic carbocycles. The Balaban J connectivity index is 1.94. The first-order valence-electron chi connectivity index (χ1n) is 7.18. The number of aromatic nitrogens is 1. The summed E-state index contributed by atoms with van der Waals surface area (Å²) in [5.41, 5.74) is 0.890. The van der Waals surface area contributed by atoms with Crippen molar-refractivity contribution in [3.63, 3.8) is 0 Å². The van der Waals surface area contributed by atoms with Gasteiger partial charge < -0.3 is 19.4 Å². The van der Waals surface area contributed by atoms with Crippen molar-refractivity contribution in [1.82, 2.24) is 9.88 Å². The molecule has 1 amide bonds. The van der Waals surface area contributed by atoms with Gasteiger partial charge in [-0.2, -0.15) is 5.26 Å². The molecule has 0 unspecified atom stereocenters. The van der Waals surface area contributed by atoms with Crippen LogP contribution in [0.1, 0.15) is 23.0 Å². The molecule has 0 fully saturated rings. The summed E-state index contributed by atoms with van der Waals surface area (Å²) in [7, 11) is 3.31. The fourth-order valence-corrected chi connectivity index (χ4v) is 2.14. The molecular weight excluding hydrogens is 294 g/mol. The van der Waals surface area contributed by atoms with Gasteiger partial charge in [0, 0.05) is 13.2 Å². The average molecular weight is 313 g/mol. The maximum absolute atomic E-state index is 12.2. The van der Waals surface area contributed by atoms with E-state index in [9.17, 15) is 4.79 Å². The summed E-state index contributed by atoms with van der Waals surface area (Å²) in [6.07, 6.45) is 1.62. The normalized spacial score (nSPS) is 11.4. The first-order chi connectivity index (χ1) is 11.0. The smallest absolute Gasteiger partial charge is 0.268 e. The van der Waals surface area contributed by atoms with Crippen molar-refractivity contribution in [3.05, 3.63) is 47.8 Å². The molecule has 120 valence electrons. The van der Waals surface area contributed by atoms with Gasteiger partial charge in [0.15, 0.2) is 11.5 Å². The number of nitriles is 1. The number of carbonyl (C=O) groups excluding carboxylic acids is 1. The first-order valence-corrected chi connectivity index (χ1v) is 7.18. The maximum Gasteiger partial charge on any atom is 0.268 e. The number of para-hydroxylation sites is 2. The number of hydrogen-bond acceptors (Lipinski definition) is 4. The predicted octanol–water partition coefficient (Wildman–Crippen LogP) is 2.10. The molecule has 0 saturated heterocycles. The molecule has 0 spiro atoms. The quantitative estimate of drug-likeness (QED) is 0.886. The van der Waals surface area contributed by atoms with Crippen LogP contribution in [-0.4, -0.2) is 30.2 Å². The third kappa shape index (κ3) is 4.04. The molecule has 0 bridgehead atoms. The fraction of sp³-hybridized carbons (Fsp3) is 0.294. The predicted molar refractivity (Wildman–Crippen MR) is 85.5 cm³/mol. The van der Waals surface area contributed by atoms with Crippen LogP contribution < -0.4 is 14.8 Å². The highest BCUT2D eigenvalue weighted by Gasteiger charge is 2.15. The minimum absolute atomic E-state index is 0.201. The van der Waals surface area contributed by atoms with Crippen molar-refractivity contribution in [2.24, 2.45) is 7.05 Å². The zero-order valence-electron chi connectivity index (χ0n) is 13.4. The topological polar surface area (TPSA) is 76.3 Å². The number of rotatable bonds is 6. The Hall–Kier alpha value is -2.94. The van der Waals surface area contributed by atoms with Crippen LogP contribution in [0.25, 0.3) is 0 Å². The first kappa shape index (κ1) is 16.4. The summed E-state index contributed by atoms with van der Waals surface area (Å²) in [6, 6.07) is 10.7. The molecule has 23 heavy (non-hydrogen) atoms. The lowest BCUT2D eigenvalue weighted by Gasteiger charge is -2.16. The van der Waals surface area contributed by atoms with E-state index < -0.39 is 0 Å². The summed E-state index contributed by atoms with van der Waals surface area (Å²) in [6.45, 7) is 2.16. The molecule has 1 atom stereocenters. The number of ether oxygens (including phenoxy) is 2. The minimum Gasteiger partial charge on any atom is -0.493 e. The molecule has 1 aromatic heterocycles. The zero-order chi connectivity index (χ0) is 16.8. The molecule has 0 aliphatic rings. The summed E-state index contributed by atoms with van der Waals surface area (Å²) >= 11 is 0. The molecule has 6 nitrogen and oxygen atoms in total. The molecule has 2 rings (SSSR count). The van der Waals surface area contributed by atoms with E-state index in [-0.39, 0.29) is 11.9 Å². The van der Waals surface area contributed by atoms with Gasteiger partial charge in [-0.25, -0.2) is 0 Å². The van der Waals surface area contributed by atoms with E-state index in [1.54, 1.807) is 31.0 Å². The number of nitrogens with one attached hydrogen (secondary N) is 1. The second-order valence-electron chi connectivity index (χ2n) is 5.17. The Morgan fingerprint density at radius 3 is 2.70 bits per heavy atom. The highest BCUT2D eigenvalue weighted by atomic mass is 16.5. The lowest BCUT2D eigenvalue weighted by molar-refractivity contribution is 0.0918. The van der Waals surface area contributed by atoms with E-state index in [2.05, 4.69) is 5.32 Å². The molecule has 0 aliphatic heterocycles. The molecule has 1 heterocycles. The Morgan fingerprint density at radius 2 is 2.09 bits per heavy atom. The van der Waals surface area contributed by atoms with Gasteiger partial charge in [0.25, 0.3) is 5.91 Å². The van der Waals surface area contributed by atoms with Crippen LogP contribution in [0, 0.1) is 11.3 Å². The molecule has 6 heteroatoms. The molecular formula is C17H19N3O3. The van der Waals surface area contributed by atoms with Crippen molar-refractivity contribution in [1.29, 1.82) is 5.26 Å². The van der Waals surface area contributed by atoms with Crippen LogP contribution in [0.15, 0.2) is 36.5 Å². The lowest BCUT2D eigenvalue weighted by Crippen LogP contribution is -2.37. The summed E-state index contributed by atoms with van der Waals surface area (Å²) in [5, 5.41) is 11.7. The number of hydrogen-bond donors (Lipinski definition) is 1. The standard InChI is InChI=1S/C17H19N3O3/c1-12(11-23-16-7-5-4-6-15(16)22-3)19-17(21)14-8-13(9-18)10-20(14)2/h4-8,10,12H,11H2,1-3H3,(H,19,21)/t12-/m1/s1. The molecule has 0 radical (unpaired) electrons. The second kappa shape index (κ2) is 7.36. The van der Waals surface area contributed by atoms with Crippen LogP contribution in [0.3, 0.4) is 0 Å². The molecule has 0 saturated carbocycles. The minimum atomic E-state index is -0.245. The van der Waals surface area contributed by atoms with Crippen molar-refractivity contribution in [3.8, 4) is 17.6 Å². The van der Waals surface area contributed by atoms with Crippen LogP contribution in [0.5, 0.6) is 11.5 Å². The van der Waals surface area contributed by atoms with Crippen LogP contribution in [-0.2, 0) is 7.05 Å². The second-order valence-corrected chi connectivity index (χ2v) is 5.17. The SMILES string of the molecule is COc1ccccc1OC[C@@H](C)NC(=O)c1cc(C#N)cn1C. The summed E-state index contributed by atoms with van der Waals surface area (Å²) < 4.78 is 12.5. The van der Waals surface area contributed by atoms with Gasteiger partial charge in [-0.05, 0) is 25.1 Å². The molecule has 1 N–H and O–H groups in total. The van der Waals surface area contributed by atoms with E-state index >= 15 is 0 Å². The van der Waals surface area contributed by atoms with E-state index in [1.807, 2.05) is 37.3 Å². The van der Waals surface area contributed by atoms with Gasteiger partial charge in [0.05, 0.1) is 18.7 Å². The Morgan fingerprint density at radius 1 is 1.39 bits per heavy atom. The van der Waals surface area contributed by atoms with Crippen molar-refractivity contribution >= 4 is 5.91 Å². The van der Waals surface area contributed by atoms with Crippen molar-refractivity contribution in [2.45, 2.75) is 13.0 Å². The monoisotopic (exact) mass is 313 g/mol. The zero-order valence-corrected chi connectivity index (χ0v) is 13.4. The van der Waals surface area contributed by atoms with Gasteiger partial charge in [-0.1, -0.05) is 12.1 Å². The Bertz CT molecular complexity index is 731. The highest BCUT2D eigenvalue weighted by molar-refractivity contribution is 5.93. The number of benzene rings is 1. The highest BCUT2D eigenvalue weighted by Crippen LogP contribution is 2.25. The van der Waals surface area contributed by atoms with Crippen LogP contribution in [0.2, 0.25) is 0 Å². The van der Waals surface area contributed by atoms with Gasteiger partial charge >= 0.3 is 0 Å². The Kier molecular flexibility index (Phi) is 5.26. The fourth-order valence-electron chi connectivity index (χ4n) is 2.14. The van der Waals surface area contributed by atoms with Gasteiger partial charge in [-0.15, -0.1) is 0 Å². The summed E-state index contributed by atoms with van der Waals surface area (Å²) in [4.78, 5) is 12.2. The third-order valence-electron chi connectivity index (χ3n) is 3.30. The van der Waals surface area contributed by atoms with E-state index in [0.29, 0.717) is 29.4 Å². The number of aryl methyl sites for hydroxylation is 1. The number of methoxy groups -OCH3 is 1. The van der Waals surface area contributed by atoms with Gasteiger partial charge in [0.2, 0.25) is 0 Å². The summed E-state index contributed by atoms with van der Waals surface area (Å²) in [5.74, 6) is 1.03. The van der Waals surface area contributed by atoms with Gasteiger partial charge in [-0.3, -0.25) is 4.79 Å². The van der Waals surface area contributed by atoms with Gasteiger partial charge in [0.1, 0.15) is 18.4 Å². The number of amides is 1. The van der Waals surface area contributed by atoms with Crippen molar-refractivity contribution in [2.75, 3.05) is 13.7 Å². The molecule has 1 aromatic carbocycles. The van der Waals surface area contributed by atoms with Crippen LogP contribution >= 0.6 is 0 Å². The Labute approximate surface area is 135 Å². The third-order valence-corrected chi connectivity index (χ3v) is 3.30. The number of carbonyl (C=O) groups is 1.